The van der Waals surface area contributed by atoms with Gasteiger partial charge >= 0.3 is 0 Å². The number of anilines is 1. The smallest absolute Gasteiger partial charge is 0.0825 e. The summed E-state index contributed by atoms with van der Waals surface area (Å²) in [7, 11) is 0. The number of rotatable bonds is 3. The van der Waals surface area contributed by atoms with Crippen LogP contribution in [0.5, 0.6) is 0 Å². The van der Waals surface area contributed by atoms with Crippen LogP contribution in [0.15, 0.2) is 12.3 Å². The van der Waals surface area contributed by atoms with Gasteiger partial charge in [0.1, 0.15) is 0 Å². The van der Waals surface area contributed by atoms with Gasteiger partial charge in [-0.15, -0.1) is 0 Å². The van der Waals surface area contributed by atoms with Gasteiger partial charge in [0.25, 0.3) is 0 Å². The molecule has 0 aliphatic rings. The second-order valence-electron chi connectivity index (χ2n) is 3.69. The highest BCUT2D eigenvalue weighted by Crippen LogP contribution is 2.22. The zero-order chi connectivity index (χ0) is 10.8. The third kappa shape index (κ3) is 1.86. The molecule has 0 spiro atoms. The van der Waals surface area contributed by atoms with E-state index in [0.717, 1.165) is 22.8 Å². The number of hydrogen-bond acceptors (Lipinski definition) is 3. The van der Waals surface area contributed by atoms with Crippen molar-refractivity contribution in [3.05, 3.63) is 29.3 Å². The van der Waals surface area contributed by atoms with Crippen molar-refractivity contribution in [2.75, 3.05) is 5.32 Å². The van der Waals surface area contributed by atoms with Crippen molar-refractivity contribution in [1.82, 2.24) is 20.4 Å². The fourth-order valence-electron chi connectivity index (χ4n) is 1.57. The lowest BCUT2D eigenvalue weighted by molar-refractivity contribution is 0.823. The molecule has 0 fully saturated rings. The molecule has 2 heterocycles. The Bertz CT molecular complexity index is 409. The number of H-pyrrole nitrogens is 2. The normalized spacial score (nSPS) is 12.7. The summed E-state index contributed by atoms with van der Waals surface area (Å²) in [5.41, 5.74) is 4.17. The summed E-state index contributed by atoms with van der Waals surface area (Å²) >= 11 is 0. The van der Waals surface area contributed by atoms with Gasteiger partial charge in [0, 0.05) is 6.20 Å². The Morgan fingerprint density at radius 1 is 1.33 bits per heavy atom. The summed E-state index contributed by atoms with van der Waals surface area (Å²) in [5, 5.41) is 17.4. The minimum atomic E-state index is 0.197. The maximum Gasteiger partial charge on any atom is 0.0825 e. The molecule has 5 heteroatoms. The van der Waals surface area contributed by atoms with Crippen molar-refractivity contribution < 1.29 is 0 Å². The van der Waals surface area contributed by atoms with Crippen LogP contribution in [0.25, 0.3) is 0 Å². The average molecular weight is 205 g/mol. The van der Waals surface area contributed by atoms with Crippen LogP contribution in [0.4, 0.5) is 5.69 Å². The third-order valence-electron chi connectivity index (χ3n) is 2.48. The lowest BCUT2D eigenvalue weighted by Crippen LogP contribution is -2.08. The summed E-state index contributed by atoms with van der Waals surface area (Å²) in [6, 6.07) is 2.16. The van der Waals surface area contributed by atoms with Crippen LogP contribution >= 0.6 is 0 Å². The van der Waals surface area contributed by atoms with Crippen molar-refractivity contribution in [1.29, 1.82) is 0 Å². The number of nitrogens with zero attached hydrogens (tertiary/aromatic N) is 2. The van der Waals surface area contributed by atoms with E-state index in [-0.39, 0.29) is 6.04 Å². The summed E-state index contributed by atoms with van der Waals surface area (Å²) in [5.74, 6) is 0. The summed E-state index contributed by atoms with van der Waals surface area (Å²) in [4.78, 5) is 0. The van der Waals surface area contributed by atoms with Gasteiger partial charge in [-0.25, -0.2) is 0 Å². The second kappa shape index (κ2) is 3.76. The van der Waals surface area contributed by atoms with Gasteiger partial charge < -0.3 is 5.32 Å². The predicted molar refractivity (Wildman–Crippen MR) is 58.7 cm³/mol. The first kappa shape index (κ1) is 9.76. The molecule has 0 saturated heterocycles. The van der Waals surface area contributed by atoms with E-state index in [1.807, 2.05) is 19.9 Å². The van der Waals surface area contributed by atoms with E-state index in [0.29, 0.717) is 0 Å². The maximum absolute atomic E-state index is 4.14. The van der Waals surface area contributed by atoms with Gasteiger partial charge in [-0.1, -0.05) is 0 Å². The molecule has 0 aromatic carbocycles. The Balaban J connectivity index is 2.16. The van der Waals surface area contributed by atoms with Gasteiger partial charge in [0.2, 0.25) is 0 Å². The molecule has 15 heavy (non-hydrogen) atoms. The van der Waals surface area contributed by atoms with Crippen molar-refractivity contribution in [2.24, 2.45) is 0 Å². The third-order valence-corrected chi connectivity index (χ3v) is 2.48. The Kier molecular flexibility index (Phi) is 2.45. The zero-order valence-electron chi connectivity index (χ0n) is 9.13. The van der Waals surface area contributed by atoms with E-state index in [2.05, 4.69) is 32.6 Å². The van der Waals surface area contributed by atoms with Crippen LogP contribution in [0, 0.1) is 13.8 Å². The van der Waals surface area contributed by atoms with Gasteiger partial charge in [-0.3, -0.25) is 10.2 Å². The van der Waals surface area contributed by atoms with Crippen molar-refractivity contribution >= 4 is 5.69 Å². The molecule has 0 aliphatic heterocycles. The highest BCUT2D eigenvalue weighted by Gasteiger charge is 2.11. The van der Waals surface area contributed by atoms with Crippen LogP contribution in [0.3, 0.4) is 0 Å². The van der Waals surface area contributed by atoms with Gasteiger partial charge in [0.05, 0.1) is 28.8 Å². The number of aryl methyl sites for hydroxylation is 2. The molecule has 2 aromatic rings. The summed E-state index contributed by atoms with van der Waals surface area (Å²) < 4.78 is 0. The molecule has 0 aliphatic carbocycles. The lowest BCUT2D eigenvalue weighted by atomic mass is 10.2. The molecule has 80 valence electrons. The fourth-order valence-corrected chi connectivity index (χ4v) is 1.57. The highest BCUT2D eigenvalue weighted by molar-refractivity contribution is 5.52. The largest absolute Gasteiger partial charge is 0.374 e. The maximum atomic E-state index is 4.14. The van der Waals surface area contributed by atoms with Crippen molar-refractivity contribution in [2.45, 2.75) is 26.8 Å². The first-order valence-corrected chi connectivity index (χ1v) is 4.96. The lowest BCUT2D eigenvalue weighted by Gasteiger charge is -2.13. The van der Waals surface area contributed by atoms with E-state index in [1.54, 1.807) is 6.20 Å². The van der Waals surface area contributed by atoms with E-state index in [9.17, 15) is 0 Å². The Hall–Kier alpha value is -1.78. The average Bonchev–Trinajstić information content (AvgIpc) is 2.82. The molecule has 2 aromatic heterocycles. The molecular formula is C10H15N5. The van der Waals surface area contributed by atoms with Crippen LogP contribution in [0.1, 0.15) is 30.0 Å². The molecular weight excluding hydrogens is 190 g/mol. The number of aromatic amines is 2. The van der Waals surface area contributed by atoms with Crippen LogP contribution in [-0.4, -0.2) is 20.4 Å². The fraction of sp³-hybridized carbons (Fsp3) is 0.400. The quantitative estimate of drug-likeness (QED) is 0.717. The standard InChI is InChI=1S/C10H15N5/c1-6(9-4-5-11-15-9)12-10-7(2)13-14-8(10)3/h4-6,12H,1-3H3,(H,11,15)(H,13,14). The SMILES string of the molecule is Cc1n[nH]c(C)c1NC(C)c1ccn[nH]1. The topological polar surface area (TPSA) is 69.4 Å². The summed E-state index contributed by atoms with van der Waals surface area (Å²) in [6.07, 6.45) is 1.75. The molecule has 0 saturated carbocycles. The van der Waals surface area contributed by atoms with Crippen LogP contribution in [-0.2, 0) is 0 Å². The first-order valence-electron chi connectivity index (χ1n) is 4.96. The van der Waals surface area contributed by atoms with Gasteiger partial charge in [0.15, 0.2) is 0 Å². The van der Waals surface area contributed by atoms with E-state index < -0.39 is 0 Å². The molecule has 0 amide bonds. The van der Waals surface area contributed by atoms with Crippen molar-refractivity contribution in [3.63, 3.8) is 0 Å². The molecule has 1 atom stereocenters. The summed E-state index contributed by atoms with van der Waals surface area (Å²) in [6.45, 7) is 6.06. The molecule has 5 nitrogen and oxygen atoms in total. The number of nitrogens with one attached hydrogen (secondary N) is 3. The Labute approximate surface area is 88.3 Å². The number of aromatic nitrogens is 4. The molecule has 1 unspecified atom stereocenters. The molecule has 2 rings (SSSR count). The minimum absolute atomic E-state index is 0.197. The zero-order valence-corrected chi connectivity index (χ0v) is 9.13. The minimum Gasteiger partial charge on any atom is -0.374 e. The first-order chi connectivity index (χ1) is 7.18. The molecule has 0 bridgehead atoms. The Morgan fingerprint density at radius 3 is 2.67 bits per heavy atom. The Morgan fingerprint density at radius 2 is 2.13 bits per heavy atom. The van der Waals surface area contributed by atoms with Gasteiger partial charge in [-0.2, -0.15) is 10.2 Å². The highest BCUT2D eigenvalue weighted by atomic mass is 15.2. The van der Waals surface area contributed by atoms with Crippen LogP contribution < -0.4 is 5.32 Å². The monoisotopic (exact) mass is 205 g/mol. The van der Waals surface area contributed by atoms with E-state index in [1.165, 1.54) is 0 Å². The number of hydrogen-bond donors (Lipinski definition) is 3. The second-order valence-corrected chi connectivity index (χ2v) is 3.69. The van der Waals surface area contributed by atoms with E-state index in [4.69, 9.17) is 0 Å². The van der Waals surface area contributed by atoms with E-state index >= 15 is 0 Å². The van der Waals surface area contributed by atoms with Gasteiger partial charge in [-0.05, 0) is 26.8 Å². The predicted octanol–water partition coefficient (Wildman–Crippen LogP) is 1.92. The van der Waals surface area contributed by atoms with Crippen molar-refractivity contribution in [3.8, 4) is 0 Å². The van der Waals surface area contributed by atoms with Crippen LogP contribution in [0.2, 0.25) is 0 Å². The molecule has 0 radical (unpaired) electrons. The molecule has 3 N–H and O–H groups in total.